The molecule has 2 aliphatic heterocycles. The maximum Gasteiger partial charge on any atom is 0.263 e. The number of hydrogen-bond donors (Lipinski definition) is 3. The molecule has 182 valence electrons. The molecule has 0 aliphatic carbocycles. The van der Waals surface area contributed by atoms with Crippen LogP contribution in [0, 0.1) is 11.6 Å². The van der Waals surface area contributed by atoms with Gasteiger partial charge in [0.05, 0.1) is 30.3 Å². The molecule has 1 fully saturated rings. The summed E-state index contributed by atoms with van der Waals surface area (Å²) < 4.78 is 40.1. The second-order valence-electron chi connectivity index (χ2n) is 8.58. The summed E-state index contributed by atoms with van der Waals surface area (Å²) in [5, 5.41) is 8.15. The Morgan fingerprint density at radius 2 is 1.97 bits per heavy atom. The summed E-state index contributed by atoms with van der Waals surface area (Å²) in [6.07, 6.45) is 2.42. The lowest BCUT2D eigenvalue weighted by molar-refractivity contribution is -0.118. The molecule has 13 heteroatoms. The van der Waals surface area contributed by atoms with E-state index in [0.717, 1.165) is 6.20 Å². The van der Waals surface area contributed by atoms with Crippen LogP contribution >= 0.6 is 0 Å². The first kappa shape index (κ1) is 22.7. The van der Waals surface area contributed by atoms with E-state index in [2.05, 4.69) is 35.9 Å². The van der Waals surface area contributed by atoms with E-state index in [1.54, 1.807) is 12.1 Å². The van der Waals surface area contributed by atoms with Crippen LogP contribution in [0.2, 0.25) is 0 Å². The number of nitrogens with zero attached hydrogens (tertiary/aromatic N) is 5. The molecule has 5 rings (SSSR count). The fourth-order valence-corrected chi connectivity index (χ4v) is 3.73. The lowest BCUT2D eigenvalue weighted by Crippen LogP contribution is -2.48. The first-order valence-corrected chi connectivity index (χ1v) is 10.8. The van der Waals surface area contributed by atoms with Gasteiger partial charge in [-0.1, -0.05) is 0 Å². The Labute approximate surface area is 198 Å². The zero-order valence-corrected chi connectivity index (χ0v) is 18.9. The maximum absolute atomic E-state index is 14.8. The smallest absolute Gasteiger partial charge is 0.263 e. The van der Waals surface area contributed by atoms with Gasteiger partial charge in [0, 0.05) is 19.2 Å². The van der Waals surface area contributed by atoms with Crippen LogP contribution in [0.25, 0.3) is 0 Å². The number of fused-ring (bicyclic) bond motifs is 1. The van der Waals surface area contributed by atoms with Gasteiger partial charge >= 0.3 is 0 Å². The Bertz CT molecular complexity index is 1290. The molecule has 3 aromatic heterocycles. The zero-order valence-electron chi connectivity index (χ0n) is 18.9. The van der Waals surface area contributed by atoms with Gasteiger partial charge in [0.2, 0.25) is 5.95 Å². The molecule has 0 spiro atoms. The van der Waals surface area contributed by atoms with Crippen molar-refractivity contribution in [1.29, 1.82) is 0 Å². The molecule has 11 nitrogen and oxygen atoms in total. The number of halogens is 2. The third kappa shape index (κ3) is 5.04. The van der Waals surface area contributed by atoms with E-state index in [0.29, 0.717) is 31.1 Å². The van der Waals surface area contributed by atoms with Gasteiger partial charge in [0.25, 0.3) is 5.91 Å². The third-order valence-electron chi connectivity index (χ3n) is 5.27. The molecule has 3 aromatic rings. The molecule has 5 heterocycles. The van der Waals surface area contributed by atoms with E-state index in [-0.39, 0.29) is 41.7 Å². The van der Waals surface area contributed by atoms with Crippen molar-refractivity contribution in [3.63, 3.8) is 0 Å². The fourth-order valence-electron chi connectivity index (χ4n) is 3.73. The van der Waals surface area contributed by atoms with Crippen molar-refractivity contribution in [1.82, 2.24) is 19.9 Å². The SMILES string of the molecule is CC1(C)CN(c2ncc(Nc3ncc(F)c(Nc4ccc5c(n4)NC(=O)CO5)n3)cc2F)CCO1. The fraction of sp³-hybridized carbons (Fsp3) is 0.318. The predicted molar refractivity (Wildman–Crippen MR) is 123 cm³/mol. The average Bonchev–Trinajstić information content (AvgIpc) is 2.80. The topological polar surface area (TPSA) is 126 Å². The van der Waals surface area contributed by atoms with Gasteiger partial charge in [0.15, 0.2) is 41.4 Å². The standard InChI is InChI=1S/C22H22F2N8O3/c1-22(2)11-32(5-6-35-22)20-13(23)7-12(8-25-20)27-21-26-9-14(24)18(31-21)28-16-4-3-15-19(29-16)30-17(33)10-34-15/h3-4,7-9H,5-6,10-11H2,1-2H3,(H3,26,27,28,29,30,31,33). The Kier molecular flexibility index (Phi) is 5.76. The zero-order chi connectivity index (χ0) is 24.6. The minimum atomic E-state index is -0.732. The van der Waals surface area contributed by atoms with Crippen molar-refractivity contribution in [2.75, 3.05) is 47.2 Å². The summed E-state index contributed by atoms with van der Waals surface area (Å²) in [7, 11) is 0. The van der Waals surface area contributed by atoms with Crippen LogP contribution in [0.15, 0.2) is 30.6 Å². The van der Waals surface area contributed by atoms with Crippen LogP contribution in [0.1, 0.15) is 13.8 Å². The molecule has 35 heavy (non-hydrogen) atoms. The normalized spacial score (nSPS) is 16.7. The molecule has 0 unspecified atom stereocenters. The monoisotopic (exact) mass is 484 g/mol. The molecule has 1 amide bonds. The second-order valence-corrected chi connectivity index (χ2v) is 8.58. The number of amides is 1. The first-order chi connectivity index (χ1) is 16.8. The Balaban J connectivity index is 1.32. The number of aromatic nitrogens is 4. The molecule has 1 saturated heterocycles. The van der Waals surface area contributed by atoms with Gasteiger partial charge in [-0.25, -0.2) is 23.7 Å². The number of morpholine rings is 1. The summed E-state index contributed by atoms with van der Waals surface area (Å²) in [4.78, 5) is 29.8. The highest BCUT2D eigenvalue weighted by molar-refractivity contribution is 5.94. The van der Waals surface area contributed by atoms with Crippen LogP contribution in [0.5, 0.6) is 5.75 Å². The van der Waals surface area contributed by atoms with Crippen LogP contribution < -0.4 is 25.6 Å². The van der Waals surface area contributed by atoms with E-state index >= 15 is 0 Å². The summed E-state index contributed by atoms with van der Waals surface area (Å²) in [6.45, 7) is 5.29. The molecule has 3 N–H and O–H groups in total. The molecule has 0 bridgehead atoms. The van der Waals surface area contributed by atoms with Crippen molar-refractivity contribution in [3.8, 4) is 5.75 Å². The summed E-state index contributed by atoms with van der Waals surface area (Å²) in [5.74, 6) is -0.675. The quantitative estimate of drug-likeness (QED) is 0.497. The van der Waals surface area contributed by atoms with Crippen LogP contribution in [0.3, 0.4) is 0 Å². The number of carbonyl (C=O) groups excluding carboxylic acids is 1. The van der Waals surface area contributed by atoms with Crippen LogP contribution in [-0.4, -0.2) is 57.7 Å². The van der Waals surface area contributed by atoms with Gasteiger partial charge < -0.3 is 30.3 Å². The van der Waals surface area contributed by atoms with Gasteiger partial charge in [-0.3, -0.25) is 4.79 Å². The van der Waals surface area contributed by atoms with Crippen molar-refractivity contribution >= 4 is 40.8 Å². The molecule has 2 aliphatic rings. The van der Waals surface area contributed by atoms with Crippen molar-refractivity contribution in [3.05, 3.63) is 42.2 Å². The maximum atomic E-state index is 14.8. The molecule has 0 saturated carbocycles. The molecule has 0 atom stereocenters. The molecule has 0 aromatic carbocycles. The molecule has 0 radical (unpaired) electrons. The lowest BCUT2D eigenvalue weighted by Gasteiger charge is -2.38. The number of anilines is 6. The first-order valence-electron chi connectivity index (χ1n) is 10.8. The predicted octanol–water partition coefficient (Wildman–Crippen LogP) is 2.98. The summed E-state index contributed by atoms with van der Waals surface area (Å²) in [5.41, 5.74) is -0.108. The highest BCUT2D eigenvalue weighted by Crippen LogP contribution is 2.29. The van der Waals surface area contributed by atoms with Crippen LogP contribution in [-0.2, 0) is 9.53 Å². The summed E-state index contributed by atoms with van der Waals surface area (Å²) >= 11 is 0. The number of rotatable bonds is 5. The third-order valence-corrected chi connectivity index (χ3v) is 5.27. The number of hydrogen-bond acceptors (Lipinski definition) is 10. The largest absolute Gasteiger partial charge is 0.480 e. The van der Waals surface area contributed by atoms with Crippen molar-refractivity contribution < 1.29 is 23.0 Å². The minimum absolute atomic E-state index is 0.0185. The minimum Gasteiger partial charge on any atom is -0.480 e. The highest BCUT2D eigenvalue weighted by Gasteiger charge is 2.29. The van der Waals surface area contributed by atoms with E-state index in [9.17, 15) is 13.6 Å². The van der Waals surface area contributed by atoms with Crippen molar-refractivity contribution in [2.45, 2.75) is 19.4 Å². The lowest BCUT2D eigenvalue weighted by atomic mass is 10.1. The number of pyridine rings is 2. The number of carbonyl (C=O) groups is 1. The number of ether oxygens (including phenoxy) is 2. The van der Waals surface area contributed by atoms with E-state index < -0.39 is 17.2 Å². The molecular formula is C22H22F2N8O3. The van der Waals surface area contributed by atoms with E-state index in [1.807, 2.05) is 18.7 Å². The average molecular weight is 484 g/mol. The van der Waals surface area contributed by atoms with Gasteiger partial charge in [0.1, 0.15) is 5.82 Å². The van der Waals surface area contributed by atoms with Gasteiger partial charge in [-0.2, -0.15) is 4.98 Å². The highest BCUT2D eigenvalue weighted by atomic mass is 19.1. The van der Waals surface area contributed by atoms with Gasteiger partial charge in [-0.15, -0.1) is 0 Å². The second kappa shape index (κ2) is 8.91. The summed E-state index contributed by atoms with van der Waals surface area (Å²) in [6, 6.07) is 4.42. The van der Waals surface area contributed by atoms with Crippen LogP contribution in [0.4, 0.5) is 43.7 Å². The van der Waals surface area contributed by atoms with E-state index in [4.69, 9.17) is 9.47 Å². The number of nitrogens with one attached hydrogen (secondary N) is 3. The van der Waals surface area contributed by atoms with Crippen molar-refractivity contribution in [2.24, 2.45) is 0 Å². The van der Waals surface area contributed by atoms with Gasteiger partial charge in [-0.05, 0) is 26.0 Å². The molecular weight excluding hydrogens is 462 g/mol. The Hall–Kier alpha value is -4.13. The Morgan fingerprint density at radius 3 is 2.77 bits per heavy atom. The van der Waals surface area contributed by atoms with E-state index in [1.165, 1.54) is 12.3 Å². The Morgan fingerprint density at radius 1 is 1.11 bits per heavy atom.